The first-order chi connectivity index (χ1) is 9.69. The van der Waals surface area contributed by atoms with E-state index in [1.165, 1.54) is 24.3 Å². The molecule has 1 aromatic rings. The third-order valence-electron chi connectivity index (χ3n) is 3.09. The Morgan fingerprint density at radius 3 is 2.24 bits per heavy atom. The molecule has 0 saturated carbocycles. The normalized spacial score (nSPS) is 19.7. The largest absolute Gasteiger partial charge is 0.330 e. The minimum atomic E-state index is -1.12. The van der Waals surface area contributed by atoms with Crippen LogP contribution < -0.4 is 5.32 Å². The third kappa shape index (κ3) is 3.26. The van der Waals surface area contributed by atoms with Gasteiger partial charge in [0.25, 0.3) is 0 Å². The zero-order valence-electron chi connectivity index (χ0n) is 12.1. The molecule has 0 radical (unpaired) electrons. The molecule has 6 heteroatoms. The number of urea groups is 1. The molecule has 1 unspecified atom stereocenters. The maximum Gasteiger partial charge on any atom is 0.330 e. The molecule has 4 amide bonds. The first kappa shape index (κ1) is 15.2. The number of amides is 4. The molecule has 1 aliphatic heterocycles. The van der Waals surface area contributed by atoms with Gasteiger partial charge < -0.3 is 0 Å². The van der Waals surface area contributed by atoms with Gasteiger partial charge in [0.2, 0.25) is 11.8 Å². The number of nitrogens with one attached hydrogen (secondary N) is 1. The van der Waals surface area contributed by atoms with E-state index in [4.69, 9.17) is 0 Å². The average Bonchev–Trinajstić information content (AvgIpc) is 2.35. The molecule has 1 atom stereocenters. The summed E-state index contributed by atoms with van der Waals surface area (Å²) in [6.07, 6.45) is 0. The Balaban J connectivity index is 2.33. The molecule has 0 spiro atoms. The number of carbonyl (C=O) groups excluding carboxylic acids is 3. The molecule has 5 nitrogen and oxygen atoms in total. The molecule has 21 heavy (non-hydrogen) atoms. The van der Waals surface area contributed by atoms with Gasteiger partial charge >= 0.3 is 6.03 Å². The summed E-state index contributed by atoms with van der Waals surface area (Å²) in [5.41, 5.74) is 0.0751. The lowest BCUT2D eigenvalue weighted by Crippen LogP contribution is -2.58. The second kappa shape index (κ2) is 5.27. The predicted molar refractivity (Wildman–Crippen MR) is 73.8 cm³/mol. The minimum Gasteiger partial charge on any atom is -0.277 e. The molecule has 1 aromatic carbocycles. The SMILES string of the molecule is CC(C)(C)CN1C(=O)NC(=O)C(c2ccc(F)cc2)C1=O. The summed E-state index contributed by atoms with van der Waals surface area (Å²) in [6.45, 7) is 5.85. The van der Waals surface area contributed by atoms with Crippen LogP contribution in [0.4, 0.5) is 9.18 Å². The molecular formula is C15H17FN2O3. The van der Waals surface area contributed by atoms with Crippen molar-refractivity contribution >= 4 is 17.8 Å². The van der Waals surface area contributed by atoms with Crippen molar-refractivity contribution in [3.8, 4) is 0 Å². The van der Waals surface area contributed by atoms with Crippen LogP contribution in [0.3, 0.4) is 0 Å². The fourth-order valence-electron chi connectivity index (χ4n) is 2.19. The van der Waals surface area contributed by atoms with Crippen LogP contribution in [0.5, 0.6) is 0 Å². The number of rotatable bonds is 2. The summed E-state index contributed by atoms with van der Waals surface area (Å²) in [6, 6.07) is 4.41. The van der Waals surface area contributed by atoms with Crippen LogP contribution in [0.1, 0.15) is 32.3 Å². The number of nitrogens with zero attached hydrogens (tertiary/aromatic N) is 1. The lowest BCUT2D eigenvalue weighted by molar-refractivity contribution is -0.139. The maximum absolute atomic E-state index is 13.0. The van der Waals surface area contributed by atoms with Gasteiger partial charge in [0.15, 0.2) is 0 Å². The fourth-order valence-corrected chi connectivity index (χ4v) is 2.19. The lowest BCUT2D eigenvalue weighted by atomic mass is 9.91. The van der Waals surface area contributed by atoms with Crippen LogP contribution in [0.2, 0.25) is 0 Å². The average molecular weight is 292 g/mol. The molecule has 0 aliphatic carbocycles. The third-order valence-corrected chi connectivity index (χ3v) is 3.09. The van der Waals surface area contributed by atoms with Crippen LogP contribution >= 0.6 is 0 Å². The van der Waals surface area contributed by atoms with Gasteiger partial charge in [0.1, 0.15) is 11.7 Å². The van der Waals surface area contributed by atoms with Crippen LogP contribution in [0, 0.1) is 11.2 Å². The number of benzene rings is 1. The lowest BCUT2D eigenvalue weighted by Gasteiger charge is -2.34. The Kier molecular flexibility index (Phi) is 3.80. The second-order valence-electron chi connectivity index (χ2n) is 6.26. The van der Waals surface area contributed by atoms with Gasteiger partial charge in [-0.3, -0.25) is 19.8 Å². The molecule has 1 N–H and O–H groups in total. The van der Waals surface area contributed by atoms with E-state index in [0.717, 1.165) is 4.90 Å². The monoisotopic (exact) mass is 292 g/mol. The number of hydrogen-bond donors (Lipinski definition) is 1. The van der Waals surface area contributed by atoms with Crippen molar-refractivity contribution in [2.75, 3.05) is 6.54 Å². The Labute approximate surface area is 122 Å². The first-order valence-electron chi connectivity index (χ1n) is 6.61. The highest BCUT2D eigenvalue weighted by Gasteiger charge is 2.42. The first-order valence-corrected chi connectivity index (χ1v) is 6.61. The van der Waals surface area contributed by atoms with E-state index >= 15 is 0 Å². The summed E-state index contributed by atoms with van der Waals surface area (Å²) in [5.74, 6) is -2.83. The molecule has 1 fully saturated rings. The van der Waals surface area contributed by atoms with Crippen LogP contribution in [-0.4, -0.2) is 29.3 Å². The van der Waals surface area contributed by atoms with Crippen molar-refractivity contribution < 1.29 is 18.8 Å². The zero-order chi connectivity index (χ0) is 15.8. The standard InChI is InChI=1S/C15H17FN2O3/c1-15(2,3)8-18-13(20)11(12(19)17-14(18)21)9-4-6-10(16)7-5-9/h4-7,11H,8H2,1-3H3,(H,17,19,21). The molecule has 0 bridgehead atoms. The zero-order valence-corrected chi connectivity index (χ0v) is 12.1. The summed E-state index contributed by atoms with van der Waals surface area (Å²) >= 11 is 0. The van der Waals surface area contributed by atoms with Gasteiger partial charge in [-0.25, -0.2) is 9.18 Å². The smallest absolute Gasteiger partial charge is 0.277 e. The number of hydrogen-bond acceptors (Lipinski definition) is 3. The quantitative estimate of drug-likeness (QED) is 0.848. The van der Waals surface area contributed by atoms with Crippen molar-refractivity contribution in [2.24, 2.45) is 5.41 Å². The van der Waals surface area contributed by atoms with E-state index in [0.29, 0.717) is 5.56 Å². The van der Waals surface area contributed by atoms with Crippen molar-refractivity contribution in [1.82, 2.24) is 10.2 Å². The summed E-state index contributed by atoms with van der Waals surface area (Å²) in [5, 5.41) is 2.18. The topological polar surface area (TPSA) is 66.5 Å². The van der Waals surface area contributed by atoms with E-state index < -0.39 is 29.6 Å². The Hall–Kier alpha value is -2.24. The summed E-state index contributed by atoms with van der Waals surface area (Å²) in [7, 11) is 0. The van der Waals surface area contributed by atoms with E-state index in [-0.39, 0.29) is 12.0 Å². The van der Waals surface area contributed by atoms with E-state index in [2.05, 4.69) is 5.32 Å². The summed E-state index contributed by atoms with van der Waals surface area (Å²) < 4.78 is 13.0. The highest BCUT2D eigenvalue weighted by Crippen LogP contribution is 2.25. The predicted octanol–water partition coefficient (Wildman–Crippen LogP) is 2.03. The number of carbonyl (C=O) groups is 3. The van der Waals surface area contributed by atoms with Crippen LogP contribution in [-0.2, 0) is 9.59 Å². The van der Waals surface area contributed by atoms with Crippen LogP contribution in [0.15, 0.2) is 24.3 Å². The van der Waals surface area contributed by atoms with Crippen molar-refractivity contribution in [2.45, 2.75) is 26.7 Å². The number of barbiturate groups is 1. The van der Waals surface area contributed by atoms with Gasteiger partial charge in [0, 0.05) is 6.54 Å². The van der Waals surface area contributed by atoms with Crippen LogP contribution in [0.25, 0.3) is 0 Å². The van der Waals surface area contributed by atoms with E-state index in [1.54, 1.807) is 0 Å². The highest BCUT2D eigenvalue weighted by atomic mass is 19.1. The molecule has 112 valence electrons. The van der Waals surface area contributed by atoms with Crippen molar-refractivity contribution in [3.05, 3.63) is 35.6 Å². The molecule has 1 heterocycles. The Morgan fingerprint density at radius 2 is 1.71 bits per heavy atom. The van der Waals surface area contributed by atoms with Gasteiger partial charge in [-0.15, -0.1) is 0 Å². The maximum atomic E-state index is 13.0. The van der Waals surface area contributed by atoms with E-state index in [9.17, 15) is 18.8 Å². The second-order valence-corrected chi connectivity index (χ2v) is 6.26. The van der Waals surface area contributed by atoms with Gasteiger partial charge in [0.05, 0.1) is 0 Å². The molecule has 1 saturated heterocycles. The van der Waals surface area contributed by atoms with Crippen molar-refractivity contribution in [1.29, 1.82) is 0 Å². The minimum absolute atomic E-state index is 0.197. The van der Waals surface area contributed by atoms with E-state index in [1.807, 2.05) is 20.8 Å². The molecule has 2 rings (SSSR count). The highest BCUT2D eigenvalue weighted by molar-refractivity contribution is 6.19. The fraction of sp³-hybridized carbons (Fsp3) is 0.400. The van der Waals surface area contributed by atoms with Gasteiger partial charge in [-0.1, -0.05) is 32.9 Å². The van der Waals surface area contributed by atoms with Gasteiger partial charge in [-0.05, 0) is 23.1 Å². The Morgan fingerprint density at radius 1 is 1.14 bits per heavy atom. The molecule has 0 aromatic heterocycles. The van der Waals surface area contributed by atoms with Crippen molar-refractivity contribution in [3.63, 3.8) is 0 Å². The molecular weight excluding hydrogens is 275 g/mol. The molecule has 1 aliphatic rings. The number of halogens is 1. The Bertz CT molecular complexity index is 590. The van der Waals surface area contributed by atoms with Gasteiger partial charge in [-0.2, -0.15) is 0 Å². The summed E-state index contributed by atoms with van der Waals surface area (Å²) in [4.78, 5) is 37.3. The number of imide groups is 2.